The highest BCUT2D eigenvalue weighted by Gasteiger charge is 2.35. The number of Topliss-reactive ketones (excluding diaryl/α,β-unsaturated/α-hetero) is 1. The van der Waals surface area contributed by atoms with Crippen molar-refractivity contribution in [3.8, 4) is 5.69 Å². The number of carbonyl (C=O) groups is 2. The van der Waals surface area contributed by atoms with Gasteiger partial charge in [-0.1, -0.05) is 54.2 Å². The molecule has 2 aromatic heterocycles. The van der Waals surface area contributed by atoms with Crippen LogP contribution in [0, 0.1) is 0 Å². The number of H-pyrrole nitrogens is 1. The largest absolute Gasteiger partial charge is 0.438 e. The number of ketones is 1. The van der Waals surface area contributed by atoms with Crippen LogP contribution in [0.2, 0.25) is 0 Å². The quantitative estimate of drug-likeness (QED) is 0.256. The summed E-state index contributed by atoms with van der Waals surface area (Å²) in [5.74, 6) is -0.946. The molecule has 0 unspecified atom stereocenters. The highest BCUT2D eigenvalue weighted by Crippen LogP contribution is 2.29. The minimum absolute atomic E-state index is 0.137. The van der Waals surface area contributed by atoms with Crippen molar-refractivity contribution in [1.29, 1.82) is 0 Å². The van der Waals surface area contributed by atoms with Gasteiger partial charge in [0.1, 0.15) is 5.70 Å². The van der Waals surface area contributed by atoms with Gasteiger partial charge in [-0.3, -0.25) is 24.0 Å². The Morgan fingerprint density at radius 2 is 1.71 bits per heavy atom. The van der Waals surface area contributed by atoms with Gasteiger partial charge in [-0.25, -0.2) is 9.79 Å². The van der Waals surface area contributed by atoms with Gasteiger partial charge in [0, 0.05) is 18.3 Å². The first-order valence-electron chi connectivity index (χ1n) is 10.6. The Bertz CT molecular complexity index is 1500. The molecule has 5 rings (SSSR count). The molecule has 3 heterocycles. The second-order valence-electron chi connectivity index (χ2n) is 7.37. The Hall–Kier alpha value is -4.57. The van der Waals surface area contributed by atoms with Gasteiger partial charge < -0.3 is 0 Å². The van der Waals surface area contributed by atoms with E-state index in [1.807, 2.05) is 30.3 Å². The van der Waals surface area contributed by atoms with Crippen LogP contribution < -0.4 is 15.2 Å². The van der Waals surface area contributed by atoms with Gasteiger partial charge in [0.25, 0.3) is 5.91 Å². The van der Waals surface area contributed by atoms with Gasteiger partial charge >= 0.3 is 11.3 Å². The van der Waals surface area contributed by atoms with Crippen LogP contribution >= 0.6 is 11.8 Å². The number of aromatic nitrogens is 3. The topological polar surface area (TPSA) is 113 Å². The van der Waals surface area contributed by atoms with Gasteiger partial charge in [0.05, 0.1) is 17.1 Å². The summed E-state index contributed by atoms with van der Waals surface area (Å²) in [7, 11) is 0. The molecule has 35 heavy (non-hydrogen) atoms. The summed E-state index contributed by atoms with van der Waals surface area (Å²) in [4.78, 5) is 48.7. The maximum Gasteiger partial charge on any atom is 0.438 e. The lowest BCUT2D eigenvalue weighted by atomic mass is 10.2. The van der Waals surface area contributed by atoms with Gasteiger partial charge in [-0.2, -0.15) is 0 Å². The van der Waals surface area contributed by atoms with Gasteiger partial charge in [0.15, 0.2) is 5.17 Å². The molecule has 4 aromatic rings. The molecule has 1 N–H and O–H groups in total. The molecule has 0 aliphatic carbocycles. The number of carbonyl (C=O) groups excluding carboxylic acids is 2. The molecule has 172 valence electrons. The van der Waals surface area contributed by atoms with E-state index in [9.17, 15) is 14.4 Å². The van der Waals surface area contributed by atoms with E-state index in [1.165, 1.54) is 9.58 Å². The lowest BCUT2D eigenvalue weighted by Crippen LogP contribution is -2.41. The van der Waals surface area contributed by atoms with E-state index in [2.05, 4.69) is 15.2 Å². The molecule has 2 aromatic carbocycles. The third-order valence-corrected chi connectivity index (χ3v) is 6.01. The Labute approximate surface area is 203 Å². The van der Waals surface area contributed by atoms with Crippen molar-refractivity contribution in [3.63, 3.8) is 0 Å². The number of thioether (sulfide) groups is 1. The van der Waals surface area contributed by atoms with Crippen molar-refractivity contribution in [1.82, 2.24) is 10.3 Å². The second kappa shape index (κ2) is 9.74. The van der Waals surface area contributed by atoms with Gasteiger partial charge in [0.2, 0.25) is 11.5 Å². The molecule has 0 saturated carbocycles. The number of benzene rings is 2. The lowest BCUT2D eigenvalue weighted by molar-refractivity contribution is -0.672. The van der Waals surface area contributed by atoms with Crippen molar-refractivity contribution >= 4 is 40.4 Å². The van der Waals surface area contributed by atoms with Crippen LogP contribution in [0.1, 0.15) is 16.2 Å². The molecule has 0 bridgehead atoms. The number of hydrogen-bond donors (Lipinski definition) is 1. The number of rotatable bonds is 6. The van der Waals surface area contributed by atoms with Crippen molar-refractivity contribution in [3.05, 3.63) is 113 Å². The maximum atomic E-state index is 13.2. The standard InChI is InChI=1S/C25H17N5O4S/c31-21(22-24(33)34-28-30(22)19-12-5-2-6-13-19)16-35-25-27-20(15-17-9-7-8-14-26-17)23(32)29(25)18-10-3-1-4-11-18/h1-15H,16H2/p+1/b20-15+. The van der Waals surface area contributed by atoms with Crippen molar-refractivity contribution in [2.75, 3.05) is 10.7 Å². The minimum Gasteiger partial charge on any atom is -0.286 e. The summed E-state index contributed by atoms with van der Waals surface area (Å²) in [6, 6.07) is 23.2. The number of nitrogens with zero attached hydrogens (tertiary/aromatic N) is 4. The predicted molar refractivity (Wildman–Crippen MR) is 131 cm³/mol. The number of nitrogens with one attached hydrogen (secondary N) is 1. The molecule has 0 atom stereocenters. The number of para-hydroxylation sites is 2. The zero-order chi connectivity index (χ0) is 24.2. The SMILES string of the molecule is O=C(CSC1=N/C(=C/c2ccccn2)C(=O)N1c1ccccc1)c1c(=O)o[nH][n+]1-c1ccccc1. The van der Waals surface area contributed by atoms with Gasteiger partial charge in [-0.15, -0.1) is 0 Å². The van der Waals surface area contributed by atoms with E-state index >= 15 is 0 Å². The van der Waals surface area contributed by atoms with E-state index in [4.69, 9.17) is 4.52 Å². The Balaban J connectivity index is 1.44. The second-order valence-corrected chi connectivity index (χ2v) is 8.31. The molecular weight excluding hydrogens is 466 g/mol. The van der Waals surface area contributed by atoms with E-state index in [1.54, 1.807) is 60.8 Å². The molecule has 10 heteroatoms. The zero-order valence-electron chi connectivity index (χ0n) is 18.2. The fraction of sp³-hybridized carbons (Fsp3) is 0.0400. The van der Waals surface area contributed by atoms with Gasteiger partial charge in [-0.05, 0) is 40.3 Å². The van der Waals surface area contributed by atoms with Crippen LogP contribution in [0.3, 0.4) is 0 Å². The van der Waals surface area contributed by atoms with E-state index in [0.717, 1.165) is 11.8 Å². The predicted octanol–water partition coefficient (Wildman–Crippen LogP) is 3.00. The number of aromatic amines is 1. The van der Waals surface area contributed by atoms with Crippen molar-refractivity contribution in [2.24, 2.45) is 4.99 Å². The van der Waals surface area contributed by atoms with Crippen LogP contribution in [0.15, 0.2) is 105 Å². The Kier molecular flexibility index (Phi) is 6.18. The van der Waals surface area contributed by atoms with Crippen LogP contribution in [-0.2, 0) is 4.79 Å². The fourth-order valence-corrected chi connectivity index (χ4v) is 4.34. The summed E-state index contributed by atoms with van der Waals surface area (Å²) in [5, 5.41) is 2.79. The Morgan fingerprint density at radius 1 is 1.00 bits per heavy atom. The fourth-order valence-electron chi connectivity index (χ4n) is 3.47. The van der Waals surface area contributed by atoms with Crippen LogP contribution in [0.5, 0.6) is 0 Å². The molecule has 1 aliphatic heterocycles. The number of anilines is 1. The molecule has 0 radical (unpaired) electrons. The number of aliphatic imine (C=N–C) groups is 1. The third-order valence-electron chi connectivity index (χ3n) is 5.07. The van der Waals surface area contributed by atoms with Crippen LogP contribution in [-0.4, -0.2) is 32.9 Å². The van der Waals surface area contributed by atoms with E-state index < -0.39 is 11.4 Å². The summed E-state index contributed by atoms with van der Waals surface area (Å²) >= 11 is 1.06. The van der Waals surface area contributed by atoms with Crippen molar-refractivity contribution < 1.29 is 18.8 Å². The number of hydrogen-bond acceptors (Lipinski definition) is 7. The molecule has 1 aliphatic rings. The smallest absolute Gasteiger partial charge is 0.286 e. The van der Waals surface area contributed by atoms with E-state index in [-0.39, 0.29) is 23.1 Å². The first-order chi connectivity index (χ1) is 17.1. The van der Waals surface area contributed by atoms with E-state index in [0.29, 0.717) is 22.2 Å². The number of amides is 1. The highest BCUT2D eigenvalue weighted by molar-refractivity contribution is 8.14. The lowest BCUT2D eigenvalue weighted by Gasteiger charge is -2.17. The summed E-state index contributed by atoms with van der Waals surface area (Å²) in [6.45, 7) is 0. The number of pyridine rings is 1. The summed E-state index contributed by atoms with van der Waals surface area (Å²) in [6.07, 6.45) is 3.22. The summed E-state index contributed by atoms with van der Waals surface area (Å²) < 4.78 is 6.18. The molecule has 0 fully saturated rings. The first-order valence-corrected chi connectivity index (χ1v) is 11.6. The molecule has 0 saturated heterocycles. The average Bonchev–Trinajstić information content (AvgIpc) is 3.43. The molecule has 1 amide bonds. The zero-order valence-corrected chi connectivity index (χ0v) is 19.0. The molecular formula is C25H18N5O4S+. The average molecular weight is 485 g/mol. The summed E-state index contributed by atoms with van der Waals surface area (Å²) in [5.41, 5.74) is 1.04. The molecule has 0 spiro atoms. The number of amidine groups is 1. The monoisotopic (exact) mass is 484 g/mol. The minimum atomic E-state index is -0.778. The molecule has 9 nitrogen and oxygen atoms in total. The Morgan fingerprint density at radius 3 is 2.43 bits per heavy atom. The van der Waals surface area contributed by atoms with Crippen LogP contribution in [0.4, 0.5) is 5.69 Å². The normalized spacial score (nSPS) is 14.4. The van der Waals surface area contributed by atoms with Crippen LogP contribution in [0.25, 0.3) is 11.8 Å². The first kappa shape index (κ1) is 22.2. The maximum absolute atomic E-state index is 13.2. The highest BCUT2D eigenvalue weighted by atomic mass is 32.2. The third kappa shape index (κ3) is 4.59. The van der Waals surface area contributed by atoms with Crippen molar-refractivity contribution in [2.45, 2.75) is 0 Å².